The summed E-state index contributed by atoms with van der Waals surface area (Å²) in [6.07, 6.45) is -6.11. The first kappa shape index (κ1) is 19.4. The molecule has 1 aromatic carbocycles. The first-order valence-corrected chi connectivity index (χ1v) is 8.43. The number of rotatable bonds is 5. The van der Waals surface area contributed by atoms with Gasteiger partial charge >= 0.3 is 6.18 Å². The Morgan fingerprint density at radius 1 is 1.28 bits per heavy atom. The second-order valence-electron chi connectivity index (χ2n) is 6.01. The number of carbonyl (C=O) groups excluding carboxylic acids is 1. The number of thiazole rings is 1. The molecule has 1 aromatic heterocycles. The number of alkyl halides is 3. The third-order valence-electron chi connectivity index (χ3n) is 3.94. The molecule has 2 aromatic rings. The van der Waals surface area contributed by atoms with Gasteiger partial charge in [0.25, 0.3) is 0 Å². The lowest BCUT2D eigenvalue weighted by atomic mass is 9.98. The van der Waals surface area contributed by atoms with Gasteiger partial charge in [-0.15, -0.1) is 11.3 Å². The number of nitrogens with zero attached hydrogens (tertiary/aromatic N) is 2. The molecule has 0 aliphatic rings. The molecular weight excluding hydrogens is 353 g/mol. The first-order valence-electron chi connectivity index (χ1n) is 7.55. The van der Waals surface area contributed by atoms with Crippen LogP contribution in [0.2, 0.25) is 0 Å². The summed E-state index contributed by atoms with van der Waals surface area (Å²) in [5.41, 5.74) is -1.16. The van der Waals surface area contributed by atoms with Crippen molar-refractivity contribution in [2.24, 2.45) is 0 Å². The van der Waals surface area contributed by atoms with Gasteiger partial charge < -0.3 is 10.0 Å². The largest absolute Gasteiger partial charge is 0.424 e. The summed E-state index contributed by atoms with van der Waals surface area (Å²) in [5, 5.41) is 11.1. The van der Waals surface area contributed by atoms with E-state index in [9.17, 15) is 23.1 Å². The zero-order valence-corrected chi connectivity index (χ0v) is 14.9. The Bertz CT molecular complexity index is 760. The fourth-order valence-electron chi connectivity index (χ4n) is 2.33. The zero-order chi connectivity index (χ0) is 18.8. The van der Waals surface area contributed by atoms with Gasteiger partial charge in [0.05, 0.1) is 6.42 Å². The second-order valence-corrected chi connectivity index (χ2v) is 6.86. The van der Waals surface area contributed by atoms with Gasteiger partial charge in [-0.2, -0.15) is 13.2 Å². The predicted molar refractivity (Wildman–Crippen MR) is 89.1 cm³/mol. The van der Waals surface area contributed by atoms with Crippen molar-refractivity contribution in [1.29, 1.82) is 0 Å². The number of aryl methyl sites for hydroxylation is 2. The Balaban J connectivity index is 2.21. The lowest BCUT2D eigenvalue weighted by Crippen LogP contribution is -2.46. The number of amides is 1. The van der Waals surface area contributed by atoms with Crippen molar-refractivity contribution in [3.05, 3.63) is 51.5 Å². The molecule has 0 spiro atoms. The van der Waals surface area contributed by atoms with E-state index < -0.39 is 29.1 Å². The fourth-order valence-corrected chi connectivity index (χ4v) is 3.24. The van der Waals surface area contributed by atoms with Crippen molar-refractivity contribution >= 4 is 17.2 Å². The van der Waals surface area contributed by atoms with Crippen LogP contribution in [-0.2, 0) is 16.9 Å². The molecule has 2 rings (SSSR count). The number of halogens is 3. The van der Waals surface area contributed by atoms with Crippen LogP contribution in [0.15, 0.2) is 29.6 Å². The molecule has 0 aliphatic heterocycles. The number of aromatic nitrogens is 1. The molecule has 0 fully saturated rings. The highest BCUT2D eigenvalue weighted by atomic mass is 32.1. The predicted octanol–water partition coefficient (Wildman–Crippen LogP) is 3.56. The van der Waals surface area contributed by atoms with Crippen LogP contribution in [0.1, 0.15) is 28.2 Å². The molecule has 1 N–H and O–H groups in total. The van der Waals surface area contributed by atoms with E-state index >= 15 is 0 Å². The third kappa shape index (κ3) is 4.19. The average molecular weight is 372 g/mol. The van der Waals surface area contributed by atoms with Crippen LogP contribution in [0.3, 0.4) is 0 Å². The molecule has 0 radical (unpaired) electrons. The minimum Gasteiger partial charge on any atom is -0.374 e. The van der Waals surface area contributed by atoms with Gasteiger partial charge in [0, 0.05) is 24.7 Å². The van der Waals surface area contributed by atoms with Crippen LogP contribution < -0.4 is 0 Å². The van der Waals surface area contributed by atoms with Gasteiger partial charge in [-0.05, 0) is 25.0 Å². The van der Waals surface area contributed by atoms with E-state index in [1.54, 1.807) is 12.1 Å². The molecule has 0 bridgehead atoms. The van der Waals surface area contributed by atoms with Gasteiger partial charge in [0.15, 0.2) is 0 Å². The highest BCUT2D eigenvalue weighted by molar-refractivity contribution is 7.09. The SMILES string of the molecule is Cc1csc(C(O)(CC(=O)N(C)Cc2ccccc2C)C(F)(F)F)n1. The van der Waals surface area contributed by atoms with Crippen LogP contribution in [0, 0.1) is 13.8 Å². The highest BCUT2D eigenvalue weighted by Gasteiger charge is 2.58. The Kier molecular flexibility index (Phi) is 5.53. The summed E-state index contributed by atoms with van der Waals surface area (Å²) in [6.45, 7) is 3.55. The quantitative estimate of drug-likeness (QED) is 0.873. The smallest absolute Gasteiger partial charge is 0.374 e. The Morgan fingerprint density at radius 2 is 1.92 bits per heavy atom. The van der Waals surface area contributed by atoms with Gasteiger partial charge in [-0.1, -0.05) is 24.3 Å². The maximum atomic E-state index is 13.5. The normalized spacial score (nSPS) is 14.2. The number of hydrogen-bond acceptors (Lipinski definition) is 4. The fraction of sp³-hybridized carbons (Fsp3) is 0.412. The van der Waals surface area contributed by atoms with E-state index in [0.717, 1.165) is 11.1 Å². The topological polar surface area (TPSA) is 53.4 Å². The van der Waals surface area contributed by atoms with Crippen LogP contribution in [-0.4, -0.2) is 34.1 Å². The maximum absolute atomic E-state index is 13.5. The summed E-state index contributed by atoms with van der Waals surface area (Å²) in [7, 11) is 1.42. The molecule has 1 unspecified atom stereocenters. The van der Waals surface area contributed by atoms with Crippen molar-refractivity contribution in [2.75, 3.05) is 7.05 Å². The van der Waals surface area contributed by atoms with Gasteiger partial charge in [0.2, 0.25) is 11.5 Å². The Labute approximate surface area is 147 Å². The molecule has 1 atom stereocenters. The van der Waals surface area contributed by atoms with E-state index in [1.165, 1.54) is 24.3 Å². The van der Waals surface area contributed by atoms with Gasteiger partial charge in [0.1, 0.15) is 5.01 Å². The summed E-state index contributed by atoms with van der Waals surface area (Å²) < 4.78 is 40.4. The van der Waals surface area contributed by atoms with Crippen molar-refractivity contribution in [3.63, 3.8) is 0 Å². The minimum absolute atomic E-state index is 0.163. The van der Waals surface area contributed by atoms with Gasteiger partial charge in [-0.3, -0.25) is 4.79 Å². The molecule has 0 aliphatic carbocycles. The van der Waals surface area contributed by atoms with Crippen LogP contribution in [0.4, 0.5) is 13.2 Å². The summed E-state index contributed by atoms with van der Waals surface area (Å²) in [4.78, 5) is 17.3. The molecule has 0 saturated heterocycles. The number of benzene rings is 1. The monoisotopic (exact) mass is 372 g/mol. The lowest BCUT2D eigenvalue weighted by Gasteiger charge is -2.30. The molecule has 8 heteroatoms. The molecule has 4 nitrogen and oxygen atoms in total. The first-order chi connectivity index (χ1) is 11.5. The lowest BCUT2D eigenvalue weighted by molar-refractivity contribution is -0.268. The third-order valence-corrected chi connectivity index (χ3v) is 5.05. The Morgan fingerprint density at radius 3 is 2.44 bits per heavy atom. The number of hydrogen-bond donors (Lipinski definition) is 1. The van der Waals surface area contributed by atoms with Crippen molar-refractivity contribution in [1.82, 2.24) is 9.88 Å². The second kappa shape index (κ2) is 7.13. The van der Waals surface area contributed by atoms with E-state index in [0.29, 0.717) is 17.0 Å². The van der Waals surface area contributed by atoms with E-state index in [2.05, 4.69) is 4.98 Å². The Hall–Kier alpha value is -1.93. The molecule has 0 saturated carbocycles. The van der Waals surface area contributed by atoms with Crippen molar-refractivity contribution < 1.29 is 23.1 Å². The molecule has 25 heavy (non-hydrogen) atoms. The highest BCUT2D eigenvalue weighted by Crippen LogP contribution is 2.43. The van der Waals surface area contributed by atoms with Gasteiger partial charge in [-0.25, -0.2) is 4.98 Å². The number of carbonyl (C=O) groups is 1. The molecule has 1 amide bonds. The van der Waals surface area contributed by atoms with Crippen LogP contribution in [0.5, 0.6) is 0 Å². The minimum atomic E-state index is -5.00. The van der Waals surface area contributed by atoms with E-state index in [1.807, 2.05) is 19.1 Å². The van der Waals surface area contributed by atoms with E-state index in [4.69, 9.17) is 0 Å². The van der Waals surface area contributed by atoms with Crippen molar-refractivity contribution in [3.8, 4) is 0 Å². The molecule has 136 valence electrons. The zero-order valence-electron chi connectivity index (χ0n) is 14.1. The van der Waals surface area contributed by atoms with E-state index in [-0.39, 0.29) is 6.54 Å². The average Bonchev–Trinajstić information content (AvgIpc) is 2.95. The molecular formula is C17H19F3N2O2S. The van der Waals surface area contributed by atoms with Crippen molar-refractivity contribution in [2.45, 2.75) is 38.6 Å². The van der Waals surface area contributed by atoms with Crippen LogP contribution >= 0.6 is 11.3 Å². The van der Waals surface area contributed by atoms with Crippen LogP contribution in [0.25, 0.3) is 0 Å². The molecule has 1 heterocycles. The summed E-state index contributed by atoms with van der Waals surface area (Å²) in [5.74, 6) is -0.809. The maximum Gasteiger partial charge on any atom is 0.424 e. The summed E-state index contributed by atoms with van der Waals surface area (Å²) in [6, 6.07) is 7.30. The number of aliphatic hydroxyl groups is 1. The standard InChI is InChI=1S/C17H19F3N2O2S/c1-11-6-4-5-7-13(11)9-22(3)14(23)8-16(24,17(18,19)20)15-21-12(2)10-25-15/h4-7,10,24H,8-9H2,1-3H3. The summed E-state index contributed by atoms with van der Waals surface area (Å²) >= 11 is 0.692.